The van der Waals surface area contributed by atoms with E-state index in [2.05, 4.69) is 13.8 Å². The molecule has 0 bridgehead atoms. The third-order valence-electron chi connectivity index (χ3n) is 2.49. The number of carbonyl (C=O) groups excluding carboxylic acids is 3. The Kier molecular flexibility index (Phi) is 9.02. The number of methoxy groups -OCH3 is 1. The molecule has 0 heterocycles. The number of ketones is 1. The Balaban J connectivity index is 0.000000982. The van der Waals surface area contributed by atoms with Crippen molar-refractivity contribution in [3.63, 3.8) is 0 Å². The van der Waals surface area contributed by atoms with Gasteiger partial charge in [-0.05, 0) is 30.0 Å². The molecule has 0 amide bonds. The Morgan fingerprint density at radius 1 is 1.21 bits per heavy atom. The predicted octanol–water partition coefficient (Wildman–Crippen LogP) is 2.66. The summed E-state index contributed by atoms with van der Waals surface area (Å²) in [4.78, 5) is 27.8. The zero-order valence-corrected chi connectivity index (χ0v) is 11.6. The first-order valence-corrected chi connectivity index (χ1v) is 6.17. The molecule has 0 aliphatic rings. The molecule has 0 aliphatic carbocycles. The molecular weight excluding hydrogens is 244 g/mol. The molecule has 0 radical (unpaired) electrons. The van der Waals surface area contributed by atoms with E-state index >= 15 is 0 Å². The minimum absolute atomic E-state index is 0.250. The summed E-state index contributed by atoms with van der Waals surface area (Å²) in [5.41, 5.74) is 1.19. The number of hydrogen-bond donors (Lipinski definition) is 0. The number of carbonyl (C=O) groups is 1. The SMILES string of the molecule is COc1ccc(CCC(=O)CC(C)C)cc1.O=C=O. The maximum absolute atomic E-state index is 11.5. The number of rotatable bonds is 6. The molecule has 0 N–H and O–H groups in total. The number of aryl methyl sites for hydroxylation is 1. The minimum Gasteiger partial charge on any atom is -0.497 e. The highest BCUT2D eigenvalue weighted by Gasteiger charge is 2.05. The molecule has 0 spiro atoms. The van der Waals surface area contributed by atoms with Crippen molar-refractivity contribution in [1.82, 2.24) is 0 Å². The molecule has 0 unspecified atom stereocenters. The van der Waals surface area contributed by atoms with Gasteiger partial charge in [-0.1, -0.05) is 26.0 Å². The van der Waals surface area contributed by atoms with Gasteiger partial charge in [-0.2, -0.15) is 9.59 Å². The van der Waals surface area contributed by atoms with Gasteiger partial charge in [0.1, 0.15) is 11.5 Å². The van der Waals surface area contributed by atoms with Crippen LogP contribution in [0.3, 0.4) is 0 Å². The van der Waals surface area contributed by atoms with Crippen LogP contribution in [-0.4, -0.2) is 19.0 Å². The van der Waals surface area contributed by atoms with Crippen LogP contribution in [0, 0.1) is 5.92 Å². The smallest absolute Gasteiger partial charge is 0.373 e. The molecule has 19 heavy (non-hydrogen) atoms. The molecule has 0 saturated heterocycles. The summed E-state index contributed by atoms with van der Waals surface area (Å²) in [5.74, 6) is 1.67. The molecule has 0 fully saturated rings. The van der Waals surface area contributed by atoms with Crippen molar-refractivity contribution >= 4 is 11.9 Å². The van der Waals surface area contributed by atoms with Crippen molar-refractivity contribution < 1.29 is 19.1 Å². The molecule has 0 aliphatic heterocycles. The normalized spacial score (nSPS) is 9.26. The van der Waals surface area contributed by atoms with Gasteiger partial charge in [0.05, 0.1) is 7.11 Å². The fourth-order valence-corrected chi connectivity index (χ4v) is 1.63. The molecule has 0 saturated carbocycles. The first-order chi connectivity index (χ1) is 9.03. The molecule has 1 aromatic carbocycles. The molecule has 0 aromatic heterocycles. The highest BCUT2D eigenvalue weighted by molar-refractivity contribution is 5.78. The lowest BCUT2D eigenvalue weighted by Crippen LogP contribution is -2.04. The van der Waals surface area contributed by atoms with Crippen LogP contribution in [-0.2, 0) is 20.8 Å². The second-order valence-electron chi connectivity index (χ2n) is 4.57. The number of ether oxygens (including phenoxy) is 1. The van der Waals surface area contributed by atoms with E-state index in [9.17, 15) is 4.79 Å². The van der Waals surface area contributed by atoms with Gasteiger partial charge < -0.3 is 4.74 Å². The van der Waals surface area contributed by atoms with Gasteiger partial charge in [0.15, 0.2) is 0 Å². The van der Waals surface area contributed by atoms with E-state index < -0.39 is 0 Å². The maximum atomic E-state index is 11.5. The minimum atomic E-state index is 0.250. The quantitative estimate of drug-likeness (QED) is 0.792. The lowest BCUT2D eigenvalue weighted by Gasteiger charge is -2.05. The Bertz CT molecular complexity index is 401. The lowest BCUT2D eigenvalue weighted by atomic mass is 10.0. The molecule has 4 nitrogen and oxygen atoms in total. The molecule has 4 heteroatoms. The van der Waals surface area contributed by atoms with Gasteiger partial charge in [0.2, 0.25) is 0 Å². The van der Waals surface area contributed by atoms with Crippen LogP contribution in [0.25, 0.3) is 0 Å². The Labute approximate surface area is 113 Å². The second kappa shape index (κ2) is 10.0. The van der Waals surface area contributed by atoms with Crippen LogP contribution < -0.4 is 4.74 Å². The number of hydrogen-bond acceptors (Lipinski definition) is 4. The fraction of sp³-hybridized carbons (Fsp3) is 0.467. The highest BCUT2D eigenvalue weighted by atomic mass is 16.5. The Morgan fingerprint density at radius 2 is 1.74 bits per heavy atom. The van der Waals surface area contributed by atoms with Gasteiger partial charge in [-0.25, -0.2) is 0 Å². The van der Waals surface area contributed by atoms with Crippen LogP contribution in [0.5, 0.6) is 5.75 Å². The molecular formula is C15H20O4. The highest BCUT2D eigenvalue weighted by Crippen LogP contribution is 2.13. The van der Waals surface area contributed by atoms with Gasteiger partial charge in [-0.15, -0.1) is 0 Å². The van der Waals surface area contributed by atoms with E-state index in [1.165, 1.54) is 5.56 Å². The summed E-state index contributed by atoms with van der Waals surface area (Å²) in [6.07, 6.45) is 2.41. The summed E-state index contributed by atoms with van der Waals surface area (Å²) in [6, 6.07) is 7.90. The molecule has 0 atom stereocenters. The largest absolute Gasteiger partial charge is 0.497 e. The van der Waals surface area contributed by atoms with E-state index in [0.29, 0.717) is 24.5 Å². The van der Waals surface area contributed by atoms with Crippen molar-refractivity contribution in [1.29, 1.82) is 0 Å². The summed E-state index contributed by atoms with van der Waals surface area (Å²) >= 11 is 0. The average molecular weight is 264 g/mol. The monoisotopic (exact) mass is 264 g/mol. The van der Waals surface area contributed by atoms with Crippen molar-refractivity contribution in [2.45, 2.75) is 33.1 Å². The first kappa shape index (κ1) is 17.1. The average Bonchev–Trinajstić information content (AvgIpc) is 2.37. The van der Waals surface area contributed by atoms with Crippen molar-refractivity contribution in [3.8, 4) is 5.75 Å². The second-order valence-corrected chi connectivity index (χ2v) is 4.57. The lowest BCUT2D eigenvalue weighted by molar-refractivity contribution is -0.191. The zero-order chi connectivity index (χ0) is 14.7. The van der Waals surface area contributed by atoms with Crippen LogP contribution in [0.1, 0.15) is 32.3 Å². The van der Waals surface area contributed by atoms with Gasteiger partial charge in [0, 0.05) is 12.8 Å². The van der Waals surface area contributed by atoms with Gasteiger partial charge in [-0.3, -0.25) is 4.79 Å². The predicted molar refractivity (Wildman–Crippen MR) is 70.8 cm³/mol. The van der Waals surface area contributed by atoms with E-state index in [-0.39, 0.29) is 6.15 Å². The number of benzene rings is 1. The van der Waals surface area contributed by atoms with E-state index in [1.54, 1.807) is 7.11 Å². The van der Waals surface area contributed by atoms with Crippen molar-refractivity contribution in [3.05, 3.63) is 29.8 Å². The maximum Gasteiger partial charge on any atom is 0.373 e. The summed E-state index contributed by atoms with van der Waals surface area (Å²) in [6.45, 7) is 4.15. The third kappa shape index (κ3) is 8.75. The van der Waals surface area contributed by atoms with Crippen molar-refractivity contribution in [2.24, 2.45) is 5.92 Å². The Hall–Kier alpha value is -1.93. The zero-order valence-electron chi connectivity index (χ0n) is 11.6. The molecule has 104 valence electrons. The first-order valence-electron chi connectivity index (χ1n) is 6.17. The fourth-order valence-electron chi connectivity index (χ4n) is 1.63. The summed E-state index contributed by atoms with van der Waals surface area (Å²) in [7, 11) is 1.65. The molecule has 1 rings (SSSR count). The third-order valence-corrected chi connectivity index (χ3v) is 2.49. The summed E-state index contributed by atoms with van der Waals surface area (Å²) in [5, 5.41) is 0. The van der Waals surface area contributed by atoms with E-state index in [4.69, 9.17) is 14.3 Å². The van der Waals surface area contributed by atoms with Crippen LogP contribution in [0.2, 0.25) is 0 Å². The van der Waals surface area contributed by atoms with Gasteiger partial charge in [0.25, 0.3) is 0 Å². The number of Topliss-reactive ketones (excluding diaryl/α,β-unsaturated/α-hetero) is 1. The molecule has 1 aromatic rings. The topological polar surface area (TPSA) is 60.4 Å². The van der Waals surface area contributed by atoms with E-state index in [1.807, 2.05) is 24.3 Å². The van der Waals surface area contributed by atoms with Crippen LogP contribution in [0.4, 0.5) is 0 Å². The summed E-state index contributed by atoms with van der Waals surface area (Å²) < 4.78 is 5.08. The Morgan fingerprint density at radius 3 is 2.16 bits per heavy atom. The van der Waals surface area contributed by atoms with Crippen LogP contribution in [0.15, 0.2) is 24.3 Å². The standard InChI is InChI=1S/C14H20O2.CO2/c1-11(2)10-13(15)7-4-12-5-8-14(16-3)9-6-12;2-1-3/h5-6,8-9,11H,4,7,10H2,1-3H3;. The van der Waals surface area contributed by atoms with Crippen LogP contribution >= 0.6 is 0 Å². The van der Waals surface area contributed by atoms with Gasteiger partial charge >= 0.3 is 6.15 Å². The van der Waals surface area contributed by atoms with E-state index in [0.717, 1.165) is 12.2 Å². The van der Waals surface area contributed by atoms with Crippen molar-refractivity contribution in [2.75, 3.05) is 7.11 Å².